The summed E-state index contributed by atoms with van der Waals surface area (Å²) in [6.45, 7) is 0. The fraction of sp³-hybridized carbons (Fsp3) is 0.0769. The Balaban J connectivity index is 2.65. The number of halogens is 5. The van der Waals surface area contributed by atoms with Gasteiger partial charge in [0.1, 0.15) is 5.75 Å². The Morgan fingerprint density at radius 2 is 1.11 bits per heavy atom. The van der Waals surface area contributed by atoms with Crippen molar-refractivity contribution in [2.24, 2.45) is 0 Å². The van der Waals surface area contributed by atoms with E-state index in [0.29, 0.717) is 42.0 Å². The quantitative estimate of drug-likeness (QED) is 0.549. The van der Waals surface area contributed by atoms with Gasteiger partial charge in [0.2, 0.25) is 0 Å². The summed E-state index contributed by atoms with van der Waals surface area (Å²) in [5, 5.41) is 2.11. The molecule has 2 aromatic rings. The van der Waals surface area contributed by atoms with Gasteiger partial charge in [0.05, 0.1) is 32.2 Å². The molecule has 0 fully saturated rings. The molecular weight excluding hydrogens is 349 g/mol. The largest absolute Gasteiger partial charge is 0.495 e. The Kier molecular flexibility index (Phi) is 4.75. The van der Waals surface area contributed by atoms with Crippen molar-refractivity contribution in [2.45, 2.75) is 0 Å². The maximum absolute atomic E-state index is 6.21. The van der Waals surface area contributed by atoms with E-state index in [9.17, 15) is 0 Å². The SMILES string of the molecule is COc1cc(Cl)c(-c2cc(Cl)c(Cl)cc2Cl)cc1Cl. The number of methoxy groups -OCH3 is 1. The maximum Gasteiger partial charge on any atom is 0.138 e. The van der Waals surface area contributed by atoms with E-state index in [0.717, 1.165) is 0 Å². The van der Waals surface area contributed by atoms with Crippen LogP contribution < -0.4 is 4.74 Å². The summed E-state index contributed by atoms with van der Waals surface area (Å²) in [4.78, 5) is 0. The molecule has 0 spiro atoms. The molecule has 2 rings (SSSR count). The first-order valence-corrected chi connectivity index (χ1v) is 7.01. The fourth-order valence-electron chi connectivity index (χ4n) is 1.62. The van der Waals surface area contributed by atoms with E-state index in [4.69, 9.17) is 62.7 Å². The second-order valence-corrected chi connectivity index (χ2v) is 5.75. The molecule has 1 nitrogen and oxygen atoms in total. The van der Waals surface area contributed by atoms with Gasteiger partial charge in [0, 0.05) is 17.2 Å². The molecule has 0 radical (unpaired) electrons. The van der Waals surface area contributed by atoms with Gasteiger partial charge < -0.3 is 4.74 Å². The molecule has 0 atom stereocenters. The summed E-state index contributed by atoms with van der Waals surface area (Å²) < 4.78 is 5.09. The van der Waals surface area contributed by atoms with Crippen molar-refractivity contribution in [1.82, 2.24) is 0 Å². The van der Waals surface area contributed by atoms with E-state index in [1.54, 1.807) is 24.3 Å². The average Bonchev–Trinajstić information content (AvgIpc) is 2.36. The minimum Gasteiger partial charge on any atom is -0.495 e. The lowest BCUT2D eigenvalue weighted by Gasteiger charge is -2.11. The predicted octanol–water partition coefficient (Wildman–Crippen LogP) is 6.63. The first kappa shape index (κ1) is 15.1. The van der Waals surface area contributed by atoms with Crippen LogP contribution >= 0.6 is 58.0 Å². The molecule has 0 heterocycles. The van der Waals surface area contributed by atoms with Gasteiger partial charge in [-0.3, -0.25) is 0 Å². The van der Waals surface area contributed by atoms with Crippen molar-refractivity contribution in [1.29, 1.82) is 0 Å². The third-order valence-corrected chi connectivity index (χ3v) is 4.18. The lowest BCUT2D eigenvalue weighted by atomic mass is 10.1. The molecule has 19 heavy (non-hydrogen) atoms. The Morgan fingerprint density at radius 1 is 0.632 bits per heavy atom. The minimum absolute atomic E-state index is 0.381. The standard InChI is InChI=1S/C13H7Cl5O/c1-19-13-5-9(15)7(3-12(13)18)6-2-10(16)11(17)4-8(6)14/h2-5H,1H3. The fourth-order valence-corrected chi connectivity index (χ4v) is 2.77. The topological polar surface area (TPSA) is 9.23 Å². The average molecular weight is 356 g/mol. The van der Waals surface area contributed by atoms with Gasteiger partial charge in [-0.05, 0) is 18.2 Å². The number of hydrogen-bond donors (Lipinski definition) is 0. The molecule has 2 aromatic carbocycles. The summed E-state index contributed by atoms with van der Waals surface area (Å²) in [6, 6.07) is 6.51. The lowest BCUT2D eigenvalue weighted by molar-refractivity contribution is 0.415. The van der Waals surface area contributed by atoms with E-state index < -0.39 is 0 Å². The lowest BCUT2D eigenvalue weighted by Crippen LogP contribution is -1.88. The van der Waals surface area contributed by atoms with E-state index in [1.807, 2.05) is 0 Å². The predicted molar refractivity (Wildman–Crippen MR) is 83.5 cm³/mol. The van der Waals surface area contributed by atoms with Crippen LogP contribution in [0.15, 0.2) is 24.3 Å². The van der Waals surface area contributed by atoms with Gasteiger partial charge in [-0.25, -0.2) is 0 Å². The highest BCUT2D eigenvalue weighted by Crippen LogP contribution is 2.41. The molecule has 6 heteroatoms. The van der Waals surface area contributed by atoms with Crippen LogP contribution in [0.3, 0.4) is 0 Å². The van der Waals surface area contributed by atoms with Crippen molar-refractivity contribution >= 4 is 58.0 Å². The third kappa shape index (κ3) is 3.07. The number of rotatable bonds is 2. The summed E-state index contributed by atoms with van der Waals surface area (Å²) in [5.74, 6) is 0.492. The molecule has 0 aromatic heterocycles. The number of benzene rings is 2. The van der Waals surface area contributed by atoms with Crippen molar-refractivity contribution in [3.8, 4) is 16.9 Å². The van der Waals surface area contributed by atoms with E-state index in [-0.39, 0.29) is 0 Å². The molecule has 0 saturated heterocycles. The first-order valence-electron chi connectivity index (χ1n) is 5.12. The van der Waals surface area contributed by atoms with Gasteiger partial charge >= 0.3 is 0 Å². The van der Waals surface area contributed by atoms with Gasteiger partial charge in [-0.1, -0.05) is 58.0 Å². The van der Waals surface area contributed by atoms with Gasteiger partial charge in [0.25, 0.3) is 0 Å². The summed E-state index contributed by atoms with van der Waals surface area (Å²) in [6.07, 6.45) is 0. The van der Waals surface area contributed by atoms with Crippen LogP contribution in [0, 0.1) is 0 Å². The Bertz CT molecular complexity index is 639. The molecule has 0 amide bonds. The zero-order valence-electron chi connectivity index (χ0n) is 9.61. The molecule has 0 N–H and O–H groups in total. The zero-order chi connectivity index (χ0) is 14.2. The Hall–Kier alpha value is -0.310. The molecule has 0 aliphatic rings. The smallest absolute Gasteiger partial charge is 0.138 e. The first-order chi connectivity index (χ1) is 8.93. The summed E-state index contributed by atoms with van der Waals surface area (Å²) >= 11 is 30.3. The third-order valence-electron chi connectivity index (χ3n) is 2.54. The molecule has 0 unspecified atom stereocenters. The van der Waals surface area contributed by atoms with Gasteiger partial charge in [-0.15, -0.1) is 0 Å². The number of hydrogen-bond acceptors (Lipinski definition) is 1. The second kappa shape index (κ2) is 5.99. The van der Waals surface area contributed by atoms with E-state index in [2.05, 4.69) is 0 Å². The molecule has 0 aliphatic heterocycles. The molecule has 0 aliphatic carbocycles. The van der Waals surface area contributed by atoms with Crippen LogP contribution in [-0.4, -0.2) is 7.11 Å². The highest BCUT2D eigenvalue weighted by molar-refractivity contribution is 6.44. The van der Waals surface area contributed by atoms with Crippen LogP contribution in [-0.2, 0) is 0 Å². The van der Waals surface area contributed by atoms with Crippen LogP contribution in [0.1, 0.15) is 0 Å². The Labute approximate surface area is 135 Å². The van der Waals surface area contributed by atoms with Crippen LogP contribution in [0.25, 0.3) is 11.1 Å². The molecule has 0 bridgehead atoms. The highest BCUT2D eigenvalue weighted by Gasteiger charge is 2.14. The van der Waals surface area contributed by atoms with Crippen LogP contribution in [0.2, 0.25) is 25.1 Å². The van der Waals surface area contributed by atoms with E-state index in [1.165, 1.54) is 7.11 Å². The molecular formula is C13H7Cl5O. The maximum atomic E-state index is 6.21. The second-order valence-electron chi connectivity index (χ2n) is 3.71. The normalized spacial score (nSPS) is 10.6. The monoisotopic (exact) mass is 354 g/mol. The Morgan fingerprint density at radius 3 is 1.68 bits per heavy atom. The summed E-state index contributed by atoms with van der Waals surface area (Å²) in [5.41, 5.74) is 1.32. The van der Waals surface area contributed by atoms with Crippen molar-refractivity contribution in [2.75, 3.05) is 7.11 Å². The molecule has 0 saturated carbocycles. The van der Waals surface area contributed by atoms with Crippen molar-refractivity contribution in [3.63, 3.8) is 0 Å². The van der Waals surface area contributed by atoms with Crippen molar-refractivity contribution < 1.29 is 4.74 Å². The van der Waals surface area contributed by atoms with Crippen LogP contribution in [0.4, 0.5) is 0 Å². The van der Waals surface area contributed by atoms with Gasteiger partial charge in [0.15, 0.2) is 0 Å². The molecule has 100 valence electrons. The van der Waals surface area contributed by atoms with E-state index >= 15 is 0 Å². The minimum atomic E-state index is 0.381. The van der Waals surface area contributed by atoms with Gasteiger partial charge in [-0.2, -0.15) is 0 Å². The highest BCUT2D eigenvalue weighted by atomic mass is 35.5. The van der Waals surface area contributed by atoms with Crippen molar-refractivity contribution in [3.05, 3.63) is 49.4 Å². The number of ether oxygens (including phenoxy) is 1. The van der Waals surface area contributed by atoms with Crippen LogP contribution in [0.5, 0.6) is 5.75 Å². The summed E-state index contributed by atoms with van der Waals surface area (Å²) in [7, 11) is 1.52. The zero-order valence-corrected chi connectivity index (χ0v) is 13.4.